The zero-order chi connectivity index (χ0) is 9.97. The van der Waals surface area contributed by atoms with Crippen LogP contribution in [0, 0.1) is 6.92 Å². The Hall–Kier alpha value is -1.84. The van der Waals surface area contributed by atoms with Gasteiger partial charge in [0.2, 0.25) is 0 Å². The van der Waals surface area contributed by atoms with Gasteiger partial charge in [-0.25, -0.2) is 0 Å². The third-order valence-corrected chi connectivity index (χ3v) is 1.89. The molecule has 0 radical (unpaired) electrons. The molecule has 0 aliphatic rings. The van der Waals surface area contributed by atoms with Gasteiger partial charge in [-0.3, -0.25) is 0 Å². The minimum absolute atomic E-state index is 0.251. The maximum Gasteiger partial charge on any atom is 0.354 e. The van der Waals surface area contributed by atoms with Crippen molar-refractivity contribution >= 4 is 0 Å². The highest BCUT2D eigenvalue weighted by atomic mass is 16.5. The molecule has 2 rings (SSSR count). The van der Waals surface area contributed by atoms with E-state index in [1.807, 2.05) is 31.2 Å². The lowest BCUT2D eigenvalue weighted by Crippen LogP contribution is -1.83. The lowest BCUT2D eigenvalue weighted by Gasteiger charge is -1.93. The minimum Gasteiger partial charge on any atom is -0.465 e. The number of methoxy groups -OCH3 is 1. The topological polar surface area (TPSA) is 48.2 Å². The Morgan fingerprint density at radius 1 is 1.21 bits per heavy atom. The van der Waals surface area contributed by atoms with Crippen molar-refractivity contribution in [2.45, 2.75) is 6.92 Å². The highest BCUT2D eigenvalue weighted by Gasteiger charge is 2.07. The van der Waals surface area contributed by atoms with E-state index in [0.29, 0.717) is 5.89 Å². The Labute approximate surface area is 81.5 Å². The van der Waals surface area contributed by atoms with Crippen LogP contribution in [-0.2, 0) is 0 Å². The van der Waals surface area contributed by atoms with Crippen molar-refractivity contribution in [3.8, 4) is 17.5 Å². The molecule has 0 atom stereocenters. The van der Waals surface area contributed by atoms with Crippen LogP contribution < -0.4 is 4.74 Å². The van der Waals surface area contributed by atoms with Crippen LogP contribution in [0.1, 0.15) is 5.56 Å². The molecule has 0 fully saturated rings. The van der Waals surface area contributed by atoms with Gasteiger partial charge in [-0.05, 0) is 24.2 Å². The van der Waals surface area contributed by atoms with E-state index >= 15 is 0 Å². The van der Waals surface area contributed by atoms with Gasteiger partial charge in [0.15, 0.2) is 0 Å². The Kier molecular flexibility index (Phi) is 2.18. The van der Waals surface area contributed by atoms with Crippen LogP contribution in [-0.4, -0.2) is 17.3 Å². The van der Waals surface area contributed by atoms with Crippen LogP contribution in [0.25, 0.3) is 11.5 Å². The Morgan fingerprint density at radius 3 is 2.50 bits per heavy atom. The monoisotopic (exact) mass is 190 g/mol. The number of ether oxygens (including phenoxy) is 1. The number of hydrogen-bond acceptors (Lipinski definition) is 4. The molecule has 1 aromatic heterocycles. The standard InChI is InChI=1S/C10H10N2O2/c1-7-3-5-8(6-4-7)9-11-10(13-2)12-14-9/h3-6H,1-2H3. The second-order valence-electron chi connectivity index (χ2n) is 2.95. The molecule has 1 heterocycles. The summed E-state index contributed by atoms with van der Waals surface area (Å²) in [6.07, 6.45) is 0. The Morgan fingerprint density at radius 2 is 1.93 bits per heavy atom. The van der Waals surface area contributed by atoms with Crippen molar-refractivity contribution in [3.05, 3.63) is 29.8 Å². The summed E-state index contributed by atoms with van der Waals surface area (Å²) in [5, 5.41) is 3.63. The normalized spacial score (nSPS) is 10.1. The number of benzene rings is 1. The summed E-state index contributed by atoms with van der Waals surface area (Å²) in [4.78, 5) is 4.03. The zero-order valence-corrected chi connectivity index (χ0v) is 8.02. The van der Waals surface area contributed by atoms with Crippen LogP contribution in [0.3, 0.4) is 0 Å². The van der Waals surface area contributed by atoms with Crippen LogP contribution in [0.5, 0.6) is 6.01 Å². The Bertz CT molecular complexity index is 420. The van der Waals surface area contributed by atoms with E-state index < -0.39 is 0 Å². The van der Waals surface area contributed by atoms with Crippen LogP contribution in [0.15, 0.2) is 28.8 Å². The first kappa shape index (κ1) is 8.74. The molecule has 0 aliphatic carbocycles. The number of aromatic nitrogens is 2. The number of nitrogens with zero attached hydrogens (tertiary/aromatic N) is 2. The molecule has 4 nitrogen and oxygen atoms in total. The highest BCUT2D eigenvalue weighted by Crippen LogP contribution is 2.19. The van der Waals surface area contributed by atoms with Gasteiger partial charge < -0.3 is 9.26 Å². The number of aryl methyl sites for hydroxylation is 1. The molecule has 0 N–H and O–H groups in total. The first-order valence-corrected chi connectivity index (χ1v) is 4.24. The van der Waals surface area contributed by atoms with E-state index in [2.05, 4.69) is 10.1 Å². The molecular formula is C10H10N2O2. The summed E-state index contributed by atoms with van der Waals surface area (Å²) < 4.78 is 9.82. The minimum atomic E-state index is 0.251. The average Bonchev–Trinajstić information content (AvgIpc) is 2.67. The molecule has 2 aromatic rings. The van der Waals surface area contributed by atoms with E-state index in [0.717, 1.165) is 5.56 Å². The van der Waals surface area contributed by atoms with Gasteiger partial charge in [0, 0.05) is 5.56 Å². The summed E-state index contributed by atoms with van der Waals surface area (Å²) >= 11 is 0. The van der Waals surface area contributed by atoms with Crippen molar-refractivity contribution < 1.29 is 9.26 Å². The molecule has 0 amide bonds. The summed E-state index contributed by atoms with van der Waals surface area (Å²) in [6.45, 7) is 2.03. The molecule has 0 unspecified atom stereocenters. The fourth-order valence-electron chi connectivity index (χ4n) is 1.11. The fraction of sp³-hybridized carbons (Fsp3) is 0.200. The number of hydrogen-bond donors (Lipinski definition) is 0. The van der Waals surface area contributed by atoms with Crippen molar-refractivity contribution in [1.82, 2.24) is 10.1 Å². The van der Waals surface area contributed by atoms with Crippen LogP contribution >= 0.6 is 0 Å². The SMILES string of the molecule is COc1noc(-c2ccc(C)cc2)n1. The van der Waals surface area contributed by atoms with Gasteiger partial charge >= 0.3 is 6.01 Å². The van der Waals surface area contributed by atoms with Gasteiger partial charge in [-0.1, -0.05) is 17.7 Å². The molecule has 0 spiro atoms. The molecule has 0 aliphatic heterocycles. The predicted octanol–water partition coefficient (Wildman–Crippen LogP) is 2.05. The highest BCUT2D eigenvalue weighted by molar-refractivity contribution is 5.53. The second kappa shape index (κ2) is 3.49. The quantitative estimate of drug-likeness (QED) is 0.727. The van der Waals surface area contributed by atoms with E-state index in [1.165, 1.54) is 12.7 Å². The molecule has 0 bridgehead atoms. The van der Waals surface area contributed by atoms with E-state index in [4.69, 9.17) is 9.26 Å². The second-order valence-corrected chi connectivity index (χ2v) is 2.95. The van der Waals surface area contributed by atoms with Crippen molar-refractivity contribution in [3.63, 3.8) is 0 Å². The van der Waals surface area contributed by atoms with Gasteiger partial charge in [0.1, 0.15) is 0 Å². The molecule has 0 saturated heterocycles. The van der Waals surface area contributed by atoms with Gasteiger partial charge in [-0.2, -0.15) is 4.98 Å². The smallest absolute Gasteiger partial charge is 0.354 e. The first-order chi connectivity index (χ1) is 6.79. The summed E-state index contributed by atoms with van der Waals surface area (Å²) in [5.74, 6) is 0.474. The summed E-state index contributed by atoms with van der Waals surface area (Å²) in [7, 11) is 1.50. The zero-order valence-electron chi connectivity index (χ0n) is 8.02. The summed E-state index contributed by atoms with van der Waals surface area (Å²) in [6, 6.07) is 8.10. The van der Waals surface area contributed by atoms with E-state index in [1.54, 1.807) is 0 Å². The molecule has 4 heteroatoms. The maximum absolute atomic E-state index is 5.00. The van der Waals surface area contributed by atoms with Crippen LogP contribution in [0.2, 0.25) is 0 Å². The van der Waals surface area contributed by atoms with E-state index in [-0.39, 0.29) is 6.01 Å². The molecule has 0 saturated carbocycles. The summed E-state index contributed by atoms with van der Waals surface area (Å²) in [5.41, 5.74) is 2.09. The van der Waals surface area contributed by atoms with Gasteiger partial charge in [0.05, 0.1) is 7.11 Å². The predicted molar refractivity (Wildman–Crippen MR) is 51.0 cm³/mol. The van der Waals surface area contributed by atoms with Gasteiger partial charge in [0.25, 0.3) is 5.89 Å². The molecule has 72 valence electrons. The fourth-order valence-corrected chi connectivity index (χ4v) is 1.11. The average molecular weight is 190 g/mol. The lowest BCUT2D eigenvalue weighted by atomic mass is 10.1. The maximum atomic E-state index is 5.00. The van der Waals surface area contributed by atoms with Crippen molar-refractivity contribution in [2.24, 2.45) is 0 Å². The molecule has 14 heavy (non-hydrogen) atoms. The van der Waals surface area contributed by atoms with Crippen molar-refractivity contribution in [1.29, 1.82) is 0 Å². The largest absolute Gasteiger partial charge is 0.465 e. The lowest BCUT2D eigenvalue weighted by molar-refractivity contribution is 0.338. The third-order valence-electron chi connectivity index (χ3n) is 1.89. The van der Waals surface area contributed by atoms with Crippen LogP contribution in [0.4, 0.5) is 0 Å². The number of rotatable bonds is 2. The van der Waals surface area contributed by atoms with Gasteiger partial charge in [-0.15, -0.1) is 0 Å². The molecular weight excluding hydrogens is 180 g/mol. The third kappa shape index (κ3) is 1.59. The Balaban J connectivity index is 2.34. The first-order valence-electron chi connectivity index (χ1n) is 4.24. The van der Waals surface area contributed by atoms with E-state index in [9.17, 15) is 0 Å². The van der Waals surface area contributed by atoms with Crippen molar-refractivity contribution in [2.75, 3.05) is 7.11 Å². The molecule has 1 aromatic carbocycles.